The second kappa shape index (κ2) is 24.1. The molecule has 0 aliphatic rings. The molecule has 3 unspecified atom stereocenters. The first kappa shape index (κ1) is 38.5. The Morgan fingerprint density at radius 2 is 1.23 bits per heavy atom. The summed E-state index contributed by atoms with van der Waals surface area (Å²) in [6, 6.07) is -0.747. The van der Waals surface area contributed by atoms with E-state index in [0.29, 0.717) is 23.9 Å². The van der Waals surface area contributed by atoms with E-state index in [-0.39, 0.29) is 19.1 Å². The van der Waals surface area contributed by atoms with Crippen molar-refractivity contribution in [2.24, 2.45) is 0 Å². The number of amides is 1. The van der Waals surface area contributed by atoms with Crippen LogP contribution in [0.4, 0.5) is 0 Å². The summed E-state index contributed by atoms with van der Waals surface area (Å²) in [5.41, 5.74) is 0. The van der Waals surface area contributed by atoms with Gasteiger partial charge in [-0.15, -0.1) is 0 Å². The number of rotatable bonds is 28. The lowest BCUT2D eigenvalue weighted by molar-refractivity contribution is -0.870. The van der Waals surface area contributed by atoms with E-state index >= 15 is 0 Å². The van der Waals surface area contributed by atoms with E-state index in [1.165, 1.54) is 70.6 Å². The highest BCUT2D eigenvalue weighted by Crippen LogP contribution is 2.43. The molecule has 0 fully saturated rings. The SMILES string of the molecule is CCCCCCCCCCCCCC(O)C(COP(=O)(O)OCC[N+](C)(C)C)NC(=O)CCCCCCCC. The number of hydrogen-bond acceptors (Lipinski definition) is 5. The number of carbonyl (C=O) groups excluding carboxylic acids is 1. The first-order valence-electron chi connectivity index (χ1n) is 15.9. The summed E-state index contributed by atoms with van der Waals surface area (Å²) in [5, 5.41) is 13.7. The van der Waals surface area contributed by atoms with Crippen LogP contribution >= 0.6 is 7.82 Å². The summed E-state index contributed by atoms with van der Waals surface area (Å²) in [6.07, 6.45) is 20.0. The van der Waals surface area contributed by atoms with Crippen LogP contribution in [-0.2, 0) is 18.4 Å². The Morgan fingerprint density at radius 1 is 0.769 bits per heavy atom. The summed E-state index contributed by atoms with van der Waals surface area (Å²) in [7, 11) is 1.61. The minimum absolute atomic E-state index is 0.0770. The maximum atomic E-state index is 12.6. The lowest BCUT2D eigenvalue weighted by atomic mass is 10.0. The molecule has 9 heteroatoms. The standard InChI is InChI=1S/C30H63N2O6P/c1-6-8-10-12-14-15-16-17-18-19-21-23-29(33)28(31-30(34)24-22-20-13-11-9-7-2)27-38-39(35,36)37-26-25-32(3,4)5/h28-29,33H,6-27H2,1-5H3,(H-,31,34,35,36)/p+1. The molecule has 0 aromatic heterocycles. The number of phosphoric acid groups is 1. The van der Waals surface area contributed by atoms with Gasteiger partial charge in [-0.3, -0.25) is 13.8 Å². The van der Waals surface area contributed by atoms with E-state index in [9.17, 15) is 19.4 Å². The molecule has 0 heterocycles. The third-order valence-corrected chi connectivity index (χ3v) is 8.09. The van der Waals surface area contributed by atoms with E-state index in [0.717, 1.165) is 38.5 Å². The van der Waals surface area contributed by atoms with Crippen molar-refractivity contribution in [3.05, 3.63) is 0 Å². The van der Waals surface area contributed by atoms with Gasteiger partial charge in [0.2, 0.25) is 5.91 Å². The lowest BCUT2D eigenvalue weighted by Gasteiger charge is -2.26. The highest BCUT2D eigenvalue weighted by atomic mass is 31.2. The summed E-state index contributed by atoms with van der Waals surface area (Å²) < 4.78 is 23.3. The van der Waals surface area contributed by atoms with Crippen molar-refractivity contribution in [3.63, 3.8) is 0 Å². The Balaban J connectivity index is 4.54. The Morgan fingerprint density at radius 3 is 1.72 bits per heavy atom. The molecule has 0 aliphatic carbocycles. The average Bonchev–Trinajstić information content (AvgIpc) is 2.86. The van der Waals surface area contributed by atoms with E-state index in [1.807, 2.05) is 21.1 Å². The van der Waals surface area contributed by atoms with Crippen molar-refractivity contribution >= 4 is 13.7 Å². The van der Waals surface area contributed by atoms with Crippen LogP contribution in [0.15, 0.2) is 0 Å². The Bertz CT molecular complexity index is 629. The van der Waals surface area contributed by atoms with Crippen LogP contribution in [0.2, 0.25) is 0 Å². The van der Waals surface area contributed by atoms with Crippen molar-refractivity contribution in [2.75, 3.05) is 40.9 Å². The summed E-state index contributed by atoms with van der Waals surface area (Å²) in [5.74, 6) is -0.157. The zero-order valence-corrected chi connectivity index (χ0v) is 27.0. The number of likely N-dealkylation sites (N-methyl/N-ethyl adjacent to an activating group) is 1. The molecule has 0 aromatic rings. The largest absolute Gasteiger partial charge is 0.472 e. The first-order valence-corrected chi connectivity index (χ1v) is 17.4. The van der Waals surface area contributed by atoms with Crippen LogP contribution in [0.3, 0.4) is 0 Å². The second-order valence-corrected chi connectivity index (χ2v) is 13.6. The molecule has 234 valence electrons. The Labute approximate surface area is 240 Å². The predicted molar refractivity (Wildman–Crippen MR) is 162 cm³/mol. The van der Waals surface area contributed by atoms with Gasteiger partial charge in [0.05, 0.1) is 39.9 Å². The summed E-state index contributed by atoms with van der Waals surface area (Å²) in [4.78, 5) is 22.7. The van der Waals surface area contributed by atoms with Gasteiger partial charge in [-0.2, -0.15) is 0 Å². The van der Waals surface area contributed by atoms with Crippen LogP contribution in [0, 0.1) is 0 Å². The molecule has 0 saturated carbocycles. The monoisotopic (exact) mass is 579 g/mol. The number of hydrogen-bond donors (Lipinski definition) is 3. The lowest BCUT2D eigenvalue weighted by Crippen LogP contribution is -2.46. The number of unbranched alkanes of at least 4 members (excludes halogenated alkanes) is 15. The Hall–Kier alpha value is -0.500. The van der Waals surface area contributed by atoms with E-state index < -0.39 is 20.0 Å². The van der Waals surface area contributed by atoms with Crippen LogP contribution < -0.4 is 5.32 Å². The van der Waals surface area contributed by atoms with Crippen LogP contribution in [0.25, 0.3) is 0 Å². The summed E-state index contributed by atoms with van der Waals surface area (Å²) >= 11 is 0. The quantitative estimate of drug-likeness (QED) is 0.0518. The zero-order valence-electron chi connectivity index (χ0n) is 26.1. The first-order chi connectivity index (χ1) is 18.5. The number of carbonyl (C=O) groups is 1. The molecular weight excluding hydrogens is 515 g/mol. The maximum absolute atomic E-state index is 12.6. The smallest absolute Gasteiger partial charge is 0.391 e. The minimum atomic E-state index is -4.28. The molecule has 0 radical (unpaired) electrons. The fraction of sp³-hybridized carbons (Fsp3) is 0.967. The highest BCUT2D eigenvalue weighted by Gasteiger charge is 2.28. The molecule has 0 rings (SSSR count). The van der Waals surface area contributed by atoms with E-state index in [1.54, 1.807) is 0 Å². The van der Waals surface area contributed by atoms with Gasteiger partial charge in [-0.25, -0.2) is 4.57 Å². The van der Waals surface area contributed by atoms with Gasteiger partial charge < -0.3 is 19.8 Å². The van der Waals surface area contributed by atoms with Crippen molar-refractivity contribution < 1.29 is 32.9 Å². The van der Waals surface area contributed by atoms with Gasteiger partial charge in [-0.1, -0.05) is 117 Å². The number of phosphoric ester groups is 1. The third kappa shape index (κ3) is 26.2. The second-order valence-electron chi connectivity index (χ2n) is 12.2. The number of aliphatic hydroxyl groups excluding tert-OH is 1. The van der Waals surface area contributed by atoms with Gasteiger partial charge in [-0.05, 0) is 12.8 Å². The molecule has 0 bridgehead atoms. The van der Waals surface area contributed by atoms with Crippen LogP contribution in [0.1, 0.15) is 136 Å². The van der Waals surface area contributed by atoms with Gasteiger partial charge in [0.15, 0.2) is 0 Å². The van der Waals surface area contributed by atoms with Gasteiger partial charge in [0.1, 0.15) is 13.2 Å². The highest BCUT2D eigenvalue weighted by molar-refractivity contribution is 7.47. The molecule has 0 spiro atoms. The third-order valence-electron chi connectivity index (χ3n) is 7.11. The summed E-state index contributed by atoms with van der Waals surface area (Å²) in [6.45, 7) is 4.78. The molecule has 3 N–H and O–H groups in total. The topological polar surface area (TPSA) is 105 Å². The number of aliphatic hydroxyl groups is 1. The van der Waals surface area contributed by atoms with Crippen molar-refractivity contribution in [1.29, 1.82) is 0 Å². The fourth-order valence-electron chi connectivity index (χ4n) is 4.45. The van der Waals surface area contributed by atoms with E-state index in [4.69, 9.17) is 9.05 Å². The fourth-order valence-corrected chi connectivity index (χ4v) is 5.19. The molecule has 0 saturated heterocycles. The normalized spacial score (nSPS) is 15.2. The zero-order chi connectivity index (χ0) is 29.4. The molecule has 3 atom stereocenters. The van der Waals surface area contributed by atoms with Gasteiger partial charge >= 0.3 is 7.82 Å². The minimum Gasteiger partial charge on any atom is -0.391 e. The van der Waals surface area contributed by atoms with Crippen LogP contribution in [-0.4, -0.2) is 73.4 Å². The predicted octanol–water partition coefficient (Wildman–Crippen LogP) is 7.12. The molecule has 39 heavy (non-hydrogen) atoms. The molecule has 1 amide bonds. The van der Waals surface area contributed by atoms with Gasteiger partial charge in [0, 0.05) is 6.42 Å². The Kier molecular flexibility index (Phi) is 23.8. The van der Waals surface area contributed by atoms with Crippen LogP contribution in [0.5, 0.6) is 0 Å². The average molecular weight is 580 g/mol. The molecule has 8 nitrogen and oxygen atoms in total. The molecule has 0 aromatic carbocycles. The van der Waals surface area contributed by atoms with Crippen molar-refractivity contribution in [1.82, 2.24) is 5.32 Å². The molecular formula is C30H64N2O6P+. The van der Waals surface area contributed by atoms with Crippen molar-refractivity contribution in [3.8, 4) is 0 Å². The van der Waals surface area contributed by atoms with E-state index in [2.05, 4.69) is 19.2 Å². The number of quaternary nitrogens is 1. The van der Waals surface area contributed by atoms with Crippen molar-refractivity contribution in [2.45, 2.75) is 148 Å². The molecule has 0 aliphatic heterocycles. The maximum Gasteiger partial charge on any atom is 0.472 e. The van der Waals surface area contributed by atoms with Gasteiger partial charge in [0.25, 0.3) is 0 Å². The number of nitrogens with one attached hydrogen (secondary N) is 1. The number of nitrogens with zero attached hydrogens (tertiary/aromatic N) is 1.